The van der Waals surface area contributed by atoms with Gasteiger partial charge in [-0.15, -0.1) is 0 Å². The number of carbonyl (C=O) groups excluding carboxylic acids is 8. The van der Waals surface area contributed by atoms with Crippen molar-refractivity contribution in [1.29, 1.82) is 0 Å². The van der Waals surface area contributed by atoms with Crippen molar-refractivity contribution < 1.29 is 95.2 Å². The Labute approximate surface area is 377 Å². The Hall–Kier alpha value is -6.94. The fourth-order valence-electron chi connectivity index (χ4n) is 7.53. The van der Waals surface area contributed by atoms with E-state index in [1.165, 1.54) is 43.5 Å². The van der Waals surface area contributed by atoms with Crippen LogP contribution < -0.4 is 5.32 Å². The van der Waals surface area contributed by atoms with Crippen LogP contribution in [0.5, 0.6) is 0 Å². The summed E-state index contributed by atoms with van der Waals surface area (Å²) in [5.74, 6) is -9.24. The van der Waals surface area contributed by atoms with Gasteiger partial charge in [-0.25, -0.2) is 24.0 Å². The highest BCUT2D eigenvalue weighted by molar-refractivity contribution is 5.91. The van der Waals surface area contributed by atoms with E-state index < -0.39 is 134 Å². The number of methoxy groups -OCH3 is 2. The molecule has 0 unspecified atom stereocenters. The lowest BCUT2D eigenvalue weighted by atomic mass is 9.88. The number of ether oxygens (including phenoxy) is 12. The highest BCUT2D eigenvalue weighted by Gasteiger charge is 2.62. The molecule has 0 saturated carbocycles. The molecule has 3 aromatic carbocycles. The van der Waals surface area contributed by atoms with Crippen LogP contribution in [0.3, 0.4) is 0 Å². The van der Waals surface area contributed by atoms with Crippen molar-refractivity contribution in [3.05, 3.63) is 108 Å². The van der Waals surface area contributed by atoms with Crippen LogP contribution in [0.2, 0.25) is 0 Å². The Bertz CT molecular complexity index is 2220. The molecule has 3 aromatic rings. The first-order valence-corrected chi connectivity index (χ1v) is 20.4. The van der Waals surface area contributed by atoms with Gasteiger partial charge >= 0.3 is 47.9 Å². The molecule has 0 bridgehead atoms. The summed E-state index contributed by atoms with van der Waals surface area (Å²) in [4.78, 5) is 105. The second kappa shape index (κ2) is 21.8. The van der Waals surface area contributed by atoms with Gasteiger partial charge < -0.3 is 62.2 Å². The molecule has 3 fully saturated rings. The normalized spacial score (nSPS) is 26.3. The number of amides is 1. The molecule has 6 rings (SSSR count). The van der Waals surface area contributed by atoms with E-state index in [1.54, 1.807) is 54.6 Å². The standard InChI is InChI=1S/C45H47NO20/c1-24(47)57-22-31(59-25(2)48)34(60-26(3)49)36-33-30(62-44(54)46-33)21-45(66-36,43(53)56-5)58-23-32-35(63-39(50)27-15-9-6-10-16-27)37(64-40(51)28-17-11-7-12-18-28)38(42(55-4)61-32)65-41(52)29-19-13-8-14-20-29/h6-20,30-38,42H,21-23H2,1-5H3,(H,46,54)/t30-,31+,32+,33+,34+,35-,36+,37-,38+,42+,45+/m0/s1. The van der Waals surface area contributed by atoms with Crippen LogP contribution in [0.25, 0.3) is 0 Å². The van der Waals surface area contributed by atoms with Gasteiger partial charge in [0.15, 0.2) is 36.8 Å². The van der Waals surface area contributed by atoms with E-state index in [0.717, 1.165) is 27.9 Å². The molecule has 1 N–H and O–H groups in total. The second-order valence-corrected chi connectivity index (χ2v) is 15.0. The summed E-state index contributed by atoms with van der Waals surface area (Å²) in [7, 11) is 2.20. The van der Waals surface area contributed by atoms with E-state index in [4.69, 9.17) is 56.8 Å². The van der Waals surface area contributed by atoms with Crippen molar-refractivity contribution in [2.24, 2.45) is 0 Å². The molecule has 352 valence electrons. The largest absolute Gasteiger partial charge is 0.465 e. The van der Waals surface area contributed by atoms with E-state index in [9.17, 15) is 38.4 Å². The van der Waals surface area contributed by atoms with Crippen molar-refractivity contribution in [3.8, 4) is 0 Å². The van der Waals surface area contributed by atoms with Crippen molar-refractivity contribution in [2.75, 3.05) is 27.4 Å². The molecule has 21 heteroatoms. The lowest BCUT2D eigenvalue weighted by Gasteiger charge is -2.47. The van der Waals surface area contributed by atoms with Gasteiger partial charge in [0.1, 0.15) is 24.9 Å². The van der Waals surface area contributed by atoms with Gasteiger partial charge in [0.2, 0.25) is 0 Å². The zero-order valence-corrected chi connectivity index (χ0v) is 36.2. The average molecular weight is 922 g/mol. The minimum Gasteiger partial charge on any atom is -0.465 e. The third-order valence-corrected chi connectivity index (χ3v) is 10.4. The number of fused-ring (bicyclic) bond motifs is 1. The molecule has 1 amide bonds. The van der Waals surface area contributed by atoms with Crippen LogP contribution in [-0.4, -0.2) is 142 Å². The van der Waals surface area contributed by atoms with Crippen LogP contribution in [0.1, 0.15) is 58.3 Å². The quantitative estimate of drug-likeness (QED) is 0.151. The maximum Gasteiger partial charge on any atom is 0.407 e. The van der Waals surface area contributed by atoms with Gasteiger partial charge in [0.05, 0.1) is 42.9 Å². The van der Waals surface area contributed by atoms with E-state index in [1.807, 2.05) is 0 Å². The summed E-state index contributed by atoms with van der Waals surface area (Å²) in [6.45, 7) is 1.65. The maximum absolute atomic E-state index is 14.1. The summed E-state index contributed by atoms with van der Waals surface area (Å²) < 4.78 is 69.5. The summed E-state index contributed by atoms with van der Waals surface area (Å²) in [5, 5.41) is 2.54. The van der Waals surface area contributed by atoms with Gasteiger partial charge in [-0.05, 0) is 36.4 Å². The molecule has 3 aliphatic heterocycles. The van der Waals surface area contributed by atoms with Gasteiger partial charge in [0.25, 0.3) is 5.79 Å². The van der Waals surface area contributed by atoms with E-state index >= 15 is 0 Å². The number of carbonyl (C=O) groups is 8. The predicted octanol–water partition coefficient (Wildman–Crippen LogP) is 2.61. The first-order valence-electron chi connectivity index (χ1n) is 20.4. The van der Waals surface area contributed by atoms with Gasteiger partial charge in [-0.2, -0.15) is 0 Å². The fraction of sp³-hybridized carbons (Fsp3) is 0.422. The van der Waals surface area contributed by atoms with Crippen LogP contribution >= 0.6 is 0 Å². The number of alkyl carbamates (subject to hydrolysis) is 1. The molecule has 0 aliphatic carbocycles. The molecule has 21 nitrogen and oxygen atoms in total. The number of hydrogen-bond donors (Lipinski definition) is 1. The lowest BCUT2D eigenvalue weighted by Crippen LogP contribution is -2.67. The average Bonchev–Trinajstić information content (AvgIpc) is 3.69. The molecule has 66 heavy (non-hydrogen) atoms. The zero-order chi connectivity index (χ0) is 47.5. The molecule has 0 spiro atoms. The SMILES string of the molecule is COC(=O)[C@@]1(OC[C@H]2O[C@@H](OC)[C@H](OC(=O)c3ccccc3)[C@@H](OC(=O)c3ccccc3)[C@H]2OC(=O)c2ccccc2)C[C@@H]2OC(=O)N[C@H]2[C@H]([C@H](OC(C)=O)[C@@H](COC(C)=O)OC(C)=O)O1. The zero-order valence-electron chi connectivity index (χ0n) is 36.2. The minimum absolute atomic E-state index is 0.0516. The number of hydrogen-bond acceptors (Lipinski definition) is 20. The summed E-state index contributed by atoms with van der Waals surface area (Å²) in [6.07, 6.45) is -16.1. The van der Waals surface area contributed by atoms with Gasteiger partial charge in [-0.1, -0.05) is 54.6 Å². The Kier molecular flexibility index (Phi) is 16.0. The van der Waals surface area contributed by atoms with Crippen LogP contribution in [0.15, 0.2) is 91.0 Å². The Morgan fingerprint density at radius 3 is 1.70 bits per heavy atom. The lowest BCUT2D eigenvalue weighted by molar-refractivity contribution is -0.333. The Morgan fingerprint density at radius 1 is 0.697 bits per heavy atom. The first-order chi connectivity index (χ1) is 31.6. The van der Waals surface area contributed by atoms with Crippen molar-refractivity contribution in [1.82, 2.24) is 5.32 Å². The highest BCUT2D eigenvalue weighted by atomic mass is 16.8. The summed E-state index contributed by atoms with van der Waals surface area (Å²) in [5.41, 5.74) is 0.218. The first kappa shape index (κ1) is 48.5. The molecule has 3 saturated heterocycles. The number of nitrogens with one attached hydrogen (secondary N) is 1. The van der Waals surface area contributed by atoms with E-state index in [2.05, 4.69) is 5.32 Å². The van der Waals surface area contributed by atoms with Crippen LogP contribution in [0, 0.1) is 0 Å². The van der Waals surface area contributed by atoms with Crippen LogP contribution in [-0.2, 0) is 76.0 Å². The van der Waals surface area contributed by atoms with Crippen molar-refractivity contribution in [2.45, 2.75) is 94.1 Å². The summed E-state index contributed by atoms with van der Waals surface area (Å²) >= 11 is 0. The molecular formula is C45H47NO20. The molecular weight excluding hydrogens is 874 g/mol. The summed E-state index contributed by atoms with van der Waals surface area (Å²) in [6, 6.07) is 22.1. The molecule has 3 heterocycles. The fourth-order valence-corrected chi connectivity index (χ4v) is 7.53. The monoisotopic (exact) mass is 921 g/mol. The maximum atomic E-state index is 14.1. The minimum atomic E-state index is -2.61. The van der Waals surface area contributed by atoms with Crippen molar-refractivity contribution >= 4 is 47.9 Å². The topological polar surface area (TPSA) is 259 Å². The smallest absolute Gasteiger partial charge is 0.407 e. The molecule has 0 aromatic heterocycles. The van der Waals surface area contributed by atoms with Gasteiger partial charge in [-0.3, -0.25) is 14.4 Å². The highest BCUT2D eigenvalue weighted by Crippen LogP contribution is 2.40. The van der Waals surface area contributed by atoms with E-state index in [-0.39, 0.29) is 16.7 Å². The number of esters is 7. The van der Waals surface area contributed by atoms with Gasteiger partial charge in [0, 0.05) is 27.9 Å². The number of benzene rings is 3. The van der Waals surface area contributed by atoms with E-state index in [0.29, 0.717) is 0 Å². The van der Waals surface area contributed by atoms with Crippen molar-refractivity contribution in [3.63, 3.8) is 0 Å². The third-order valence-electron chi connectivity index (χ3n) is 10.4. The second-order valence-electron chi connectivity index (χ2n) is 15.0. The molecule has 11 atom stereocenters. The predicted molar refractivity (Wildman–Crippen MR) is 218 cm³/mol. The molecule has 3 aliphatic rings. The Morgan fingerprint density at radius 2 is 1.21 bits per heavy atom. The Balaban J connectivity index is 1.42. The molecule has 0 radical (unpaired) electrons. The van der Waals surface area contributed by atoms with Crippen LogP contribution in [0.4, 0.5) is 4.79 Å². The third kappa shape index (κ3) is 11.7. The number of rotatable bonds is 17.